The lowest BCUT2D eigenvalue weighted by Gasteiger charge is -2.35. The van der Waals surface area contributed by atoms with E-state index >= 15 is 0 Å². The molecule has 0 N–H and O–H groups in total. The topological polar surface area (TPSA) is 56.3 Å². The van der Waals surface area contributed by atoms with Gasteiger partial charge in [-0.05, 0) is 95.9 Å². The number of carbonyl (C=O) groups excluding carboxylic acids is 2. The van der Waals surface area contributed by atoms with Crippen molar-refractivity contribution >= 4 is 11.9 Å². The summed E-state index contributed by atoms with van der Waals surface area (Å²) in [5.74, 6) is 1.44. The first-order chi connectivity index (χ1) is 31.4. The van der Waals surface area contributed by atoms with Crippen molar-refractivity contribution in [1.82, 2.24) is 19.6 Å². The Kier molecular flexibility index (Phi) is 43.3. The maximum atomic E-state index is 14.0. The van der Waals surface area contributed by atoms with Crippen LogP contribution in [0.15, 0.2) is 0 Å². The summed E-state index contributed by atoms with van der Waals surface area (Å²) in [6.07, 6.45) is 44.8. The number of ether oxygens (including phenoxy) is 1. The van der Waals surface area contributed by atoms with Crippen LogP contribution in [0.3, 0.4) is 0 Å². The SMILES string of the molecule is CCCCCCCCCN(CCCOC(=O)CC(C)CCC)CCC1CCN(C(=O)CN(CCCCCCCCC)CCN(CCCCCCCCC)CCCCCCCCC)CC1. The molecule has 1 unspecified atom stereocenters. The first-order valence-electron chi connectivity index (χ1n) is 29.0. The van der Waals surface area contributed by atoms with E-state index in [0.717, 1.165) is 84.5 Å². The van der Waals surface area contributed by atoms with Gasteiger partial charge in [0.1, 0.15) is 0 Å². The highest BCUT2D eigenvalue weighted by molar-refractivity contribution is 5.78. The molecule has 0 aromatic heterocycles. The monoisotopic (exact) mass is 903 g/mol. The van der Waals surface area contributed by atoms with Crippen molar-refractivity contribution < 1.29 is 14.3 Å². The Bertz CT molecular complexity index is 985. The molecule has 0 aromatic rings. The summed E-state index contributed by atoms with van der Waals surface area (Å²) < 4.78 is 5.68. The number of rotatable bonds is 48. The quantitative estimate of drug-likeness (QED) is 0.0448. The van der Waals surface area contributed by atoms with Crippen LogP contribution in [0.4, 0.5) is 0 Å². The number of amides is 1. The van der Waals surface area contributed by atoms with Crippen LogP contribution in [-0.2, 0) is 14.3 Å². The molecule has 1 saturated heterocycles. The molecule has 7 heteroatoms. The minimum absolute atomic E-state index is 0.0265. The van der Waals surface area contributed by atoms with Crippen molar-refractivity contribution in [3.63, 3.8) is 0 Å². The number of esters is 1. The summed E-state index contributed by atoms with van der Waals surface area (Å²) in [7, 11) is 0. The number of piperidine rings is 1. The molecule has 0 spiro atoms. The molecule has 1 aliphatic rings. The smallest absolute Gasteiger partial charge is 0.306 e. The second-order valence-electron chi connectivity index (χ2n) is 20.7. The van der Waals surface area contributed by atoms with Crippen LogP contribution in [0.2, 0.25) is 0 Å². The summed E-state index contributed by atoms with van der Waals surface area (Å²) in [6.45, 7) is 25.4. The van der Waals surface area contributed by atoms with Gasteiger partial charge in [-0.1, -0.05) is 208 Å². The molecule has 1 rings (SSSR count). The van der Waals surface area contributed by atoms with Crippen molar-refractivity contribution in [1.29, 1.82) is 0 Å². The molecule has 1 amide bonds. The van der Waals surface area contributed by atoms with Gasteiger partial charge in [0, 0.05) is 39.1 Å². The molecule has 7 nitrogen and oxygen atoms in total. The van der Waals surface area contributed by atoms with Gasteiger partial charge in [-0.3, -0.25) is 14.5 Å². The molecule has 1 aliphatic heterocycles. The van der Waals surface area contributed by atoms with Crippen LogP contribution >= 0.6 is 0 Å². The van der Waals surface area contributed by atoms with Crippen LogP contribution < -0.4 is 0 Å². The van der Waals surface area contributed by atoms with Crippen molar-refractivity contribution in [3.8, 4) is 0 Å². The lowest BCUT2D eigenvalue weighted by Crippen LogP contribution is -2.46. The molecule has 1 heterocycles. The third-order valence-corrected chi connectivity index (χ3v) is 14.4. The Hall–Kier alpha value is -1.18. The lowest BCUT2D eigenvalue weighted by atomic mass is 9.93. The van der Waals surface area contributed by atoms with Crippen LogP contribution in [-0.4, -0.2) is 110 Å². The van der Waals surface area contributed by atoms with Crippen molar-refractivity contribution in [2.75, 3.05) is 78.6 Å². The zero-order chi connectivity index (χ0) is 46.6. The Morgan fingerprint density at radius 2 is 0.844 bits per heavy atom. The van der Waals surface area contributed by atoms with Crippen LogP contribution in [0, 0.1) is 11.8 Å². The molecular weight excluding hydrogens is 789 g/mol. The van der Waals surface area contributed by atoms with E-state index in [1.54, 1.807) is 0 Å². The highest BCUT2D eigenvalue weighted by Crippen LogP contribution is 2.22. The minimum Gasteiger partial charge on any atom is -0.466 e. The zero-order valence-electron chi connectivity index (χ0n) is 44.4. The summed E-state index contributed by atoms with van der Waals surface area (Å²) in [5.41, 5.74) is 0. The van der Waals surface area contributed by atoms with Gasteiger partial charge in [0.25, 0.3) is 0 Å². The van der Waals surface area contributed by atoms with Gasteiger partial charge < -0.3 is 19.4 Å². The molecule has 380 valence electrons. The van der Waals surface area contributed by atoms with E-state index < -0.39 is 0 Å². The minimum atomic E-state index is -0.0265. The van der Waals surface area contributed by atoms with Crippen LogP contribution in [0.25, 0.3) is 0 Å². The van der Waals surface area contributed by atoms with E-state index in [9.17, 15) is 9.59 Å². The highest BCUT2D eigenvalue weighted by atomic mass is 16.5. The van der Waals surface area contributed by atoms with Gasteiger partial charge in [0.2, 0.25) is 5.91 Å². The van der Waals surface area contributed by atoms with E-state index in [1.165, 1.54) is 199 Å². The highest BCUT2D eigenvalue weighted by Gasteiger charge is 2.25. The third-order valence-electron chi connectivity index (χ3n) is 14.4. The Balaban J connectivity index is 2.74. The molecule has 1 fully saturated rings. The predicted molar refractivity (Wildman–Crippen MR) is 279 cm³/mol. The van der Waals surface area contributed by atoms with Crippen molar-refractivity contribution in [2.24, 2.45) is 11.8 Å². The maximum absolute atomic E-state index is 14.0. The average molecular weight is 904 g/mol. The Morgan fingerprint density at radius 3 is 1.28 bits per heavy atom. The number of nitrogens with zero attached hydrogens (tertiary/aromatic N) is 4. The number of hydrogen-bond acceptors (Lipinski definition) is 6. The summed E-state index contributed by atoms with van der Waals surface area (Å²) in [5, 5.41) is 0. The molecule has 64 heavy (non-hydrogen) atoms. The molecule has 0 bridgehead atoms. The van der Waals surface area contributed by atoms with Gasteiger partial charge in [-0.15, -0.1) is 0 Å². The van der Waals surface area contributed by atoms with Crippen LogP contribution in [0.5, 0.6) is 0 Å². The summed E-state index contributed by atoms with van der Waals surface area (Å²) in [4.78, 5) is 36.6. The van der Waals surface area contributed by atoms with Crippen molar-refractivity contribution in [2.45, 2.75) is 266 Å². The average Bonchev–Trinajstić information content (AvgIpc) is 3.29. The number of hydrogen-bond donors (Lipinski definition) is 0. The van der Waals surface area contributed by atoms with Gasteiger partial charge in [0.15, 0.2) is 0 Å². The first kappa shape index (κ1) is 60.8. The molecule has 0 aliphatic carbocycles. The van der Waals surface area contributed by atoms with E-state index in [0.29, 0.717) is 37.3 Å². The fraction of sp³-hybridized carbons (Fsp3) is 0.965. The third kappa shape index (κ3) is 36.9. The van der Waals surface area contributed by atoms with Crippen molar-refractivity contribution in [3.05, 3.63) is 0 Å². The zero-order valence-corrected chi connectivity index (χ0v) is 44.4. The molecule has 0 saturated carbocycles. The van der Waals surface area contributed by atoms with E-state index in [2.05, 4.69) is 61.1 Å². The van der Waals surface area contributed by atoms with Gasteiger partial charge in [-0.25, -0.2) is 0 Å². The van der Waals surface area contributed by atoms with Gasteiger partial charge in [-0.2, -0.15) is 0 Å². The Labute approximate surface area is 401 Å². The Morgan fingerprint density at radius 1 is 0.469 bits per heavy atom. The standard InChI is InChI=1S/C57H114N4O3/c1-7-12-16-20-24-28-32-41-58(45-36-51-64-57(63)52-54(6)37-11-5)46-38-55-39-47-61(48-40-55)56(62)53-60(44-35-31-27-23-19-15-10-4)50-49-59(42-33-29-25-21-17-13-8-2)43-34-30-26-22-18-14-9-3/h54-55H,7-53H2,1-6H3. The second kappa shape index (κ2) is 45.6. The summed E-state index contributed by atoms with van der Waals surface area (Å²) in [6, 6.07) is 0. The predicted octanol–water partition coefficient (Wildman–Crippen LogP) is 15.3. The molecule has 0 aromatic carbocycles. The fourth-order valence-corrected chi connectivity index (χ4v) is 9.93. The van der Waals surface area contributed by atoms with E-state index in [4.69, 9.17) is 4.74 Å². The van der Waals surface area contributed by atoms with Gasteiger partial charge in [0.05, 0.1) is 13.2 Å². The number of unbranched alkanes of at least 4 members (excludes halogenated alkanes) is 24. The lowest BCUT2D eigenvalue weighted by molar-refractivity contribution is -0.144. The largest absolute Gasteiger partial charge is 0.466 e. The molecular formula is C57H114N4O3. The summed E-state index contributed by atoms with van der Waals surface area (Å²) >= 11 is 0. The maximum Gasteiger partial charge on any atom is 0.306 e. The molecule has 1 atom stereocenters. The number of likely N-dealkylation sites (tertiary alicyclic amines) is 1. The normalized spacial score (nSPS) is 14.1. The number of carbonyl (C=O) groups is 2. The van der Waals surface area contributed by atoms with Crippen LogP contribution in [0.1, 0.15) is 266 Å². The van der Waals surface area contributed by atoms with Gasteiger partial charge >= 0.3 is 5.97 Å². The fourth-order valence-electron chi connectivity index (χ4n) is 9.93. The van der Waals surface area contributed by atoms with E-state index in [1.807, 2.05) is 0 Å². The second-order valence-corrected chi connectivity index (χ2v) is 20.7. The first-order valence-corrected chi connectivity index (χ1v) is 29.0. The van der Waals surface area contributed by atoms with E-state index in [-0.39, 0.29) is 5.97 Å². The molecule has 0 radical (unpaired) electrons.